The Morgan fingerprint density at radius 1 is 1.10 bits per heavy atom. The molecular weight excluding hydrogens is 254 g/mol. The van der Waals surface area contributed by atoms with Crippen LogP contribution in [0, 0.1) is 0 Å². The summed E-state index contributed by atoms with van der Waals surface area (Å²) in [4.78, 5) is 1.55. The molecule has 1 aliphatic rings. The van der Waals surface area contributed by atoms with Gasteiger partial charge in [0.1, 0.15) is 38.4 Å². The molecule has 2 rings (SSSR count). The molecule has 0 radical (unpaired) electrons. The van der Waals surface area contributed by atoms with E-state index in [4.69, 9.17) is 14.2 Å². The number of ether oxygens (including phenoxy) is 3. The van der Waals surface area contributed by atoms with E-state index in [1.807, 2.05) is 31.2 Å². The molecule has 0 unspecified atom stereocenters. The molecular formula is C16H26NO3+. The minimum Gasteiger partial charge on any atom is -0.490 e. The van der Waals surface area contributed by atoms with Crippen molar-refractivity contribution in [3.63, 3.8) is 0 Å². The van der Waals surface area contributed by atoms with Crippen LogP contribution in [0.15, 0.2) is 24.3 Å². The molecule has 0 spiro atoms. The first-order valence-corrected chi connectivity index (χ1v) is 7.52. The maximum atomic E-state index is 5.88. The Morgan fingerprint density at radius 2 is 1.70 bits per heavy atom. The van der Waals surface area contributed by atoms with Crippen molar-refractivity contribution in [1.29, 1.82) is 0 Å². The molecule has 1 aromatic carbocycles. The maximum absolute atomic E-state index is 5.88. The van der Waals surface area contributed by atoms with Crippen molar-refractivity contribution >= 4 is 0 Å². The first-order valence-electron chi connectivity index (χ1n) is 7.52. The van der Waals surface area contributed by atoms with Crippen LogP contribution in [0.3, 0.4) is 0 Å². The second-order valence-electron chi connectivity index (χ2n) is 5.39. The fourth-order valence-electron chi connectivity index (χ4n) is 2.74. The van der Waals surface area contributed by atoms with E-state index in [-0.39, 0.29) is 0 Å². The van der Waals surface area contributed by atoms with E-state index in [0.717, 1.165) is 31.1 Å². The third kappa shape index (κ3) is 4.39. The number of quaternary nitrogens is 1. The summed E-state index contributed by atoms with van der Waals surface area (Å²) < 4.78 is 17.2. The van der Waals surface area contributed by atoms with E-state index in [1.54, 1.807) is 4.90 Å². The van der Waals surface area contributed by atoms with Crippen molar-refractivity contribution in [2.45, 2.75) is 33.0 Å². The Hall–Kier alpha value is -1.26. The number of hydrogen-bond acceptors (Lipinski definition) is 3. The van der Waals surface area contributed by atoms with Crippen molar-refractivity contribution in [2.75, 3.05) is 32.8 Å². The standard InChI is InChI=1S/C16H25NO3/c1-4-18-15-7-5-6-8-16(15)19-10-9-17-11-13(2)20-14(3)12-17/h5-8,13-14H,4,9-12H2,1-3H3/p+1/t13-,14-/m0/s1. The van der Waals surface area contributed by atoms with Gasteiger partial charge < -0.3 is 19.1 Å². The van der Waals surface area contributed by atoms with Gasteiger partial charge in [-0.15, -0.1) is 0 Å². The highest BCUT2D eigenvalue weighted by Gasteiger charge is 2.25. The average Bonchev–Trinajstić information content (AvgIpc) is 2.40. The second kappa shape index (κ2) is 7.50. The SMILES string of the molecule is CCOc1ccccc1OCC[NH+]1C[C@H](C)O[C@@H](C)C1. The van der Waals surface area contributed by atoms with E-state index < -0.39 is 0 Å². The van der Waals surface area contributed by atoms with Crippen molar-refractivity contribution < 1.29 is 19.1 Å². The molecule has 0 amide bonds. The zero-order valence-corrected chi connectivity index (χ0v) is 12.7. The third-order valence-electron chi connectivity index (χ3n) is 3.48. The van der Waals surface area contributed by atoms with E-state index in [0.29, 0.717) is 25.4 Å². The first-order chi connectivity index (χ1) is 9.69. The summed E-state index contributed by atoms with van der Waals surface area (Å²) in [5, 5.41) is 0. The number of benzene rings is 1. The lowest BCUT2D eigenvalue weighted by Gasteiger charge is -2.32. The molecule has 4 nitrogen and oxygen atoms in total. The predicted octanol–water partition coefficient (Wildman–Crippen LogP) is 1.16. The summed E-state index contributed by atoms with van der Waals surface area (Å²) in [6.07, 6.45) is 0.675. The zero-order chi connectivity index (χ0) is 14.4. The molecule has 1 saturated heterocycles. The van der Waals surface area contributed by atoms with Crippen LogP contribution in [-0.4, -0.2) is 45.1 Å². The summed E-state index contributed by atoms with van der Waals surface area (Å²) in [5.74, 6) is 1.66. The van der Waals surface area contributed by atoms with Gasteiger partial charge in [0.25, 0.3) is 0 Å². The second-order valence-corrected chi connectivity index (χ2v) is 5.39. The van der Waals surface area contributed by atoms with Crippen LogP contribution in [0.4, 0.5) is 0 Å². The Kier molecular flexibility index (Phi) is 5.68. The van der Waals surface area contributed by atoms with Gasteiger partial charge >= 0.3 is 0 Å². The average molecular weight is 280 g/mol. The Bertz CT molecular complexity index is 400. The van der Waals surface area contributed by atoms with Crippen LogP contribution in [0.5, 0.6) is 11.5 Å². The monoisotopic (exact) mass is 280 g/mol. The molecule has 1 N–H and O–H groups in total. The molecule has 1 aromatic rings. The maximum Gasteiger partial charge on any atom is 0.161 e. The molecule has 0 bridgehead atoms. The van der Waals surface area contributed by atoms with Crippen LogP contribution in [-0.2, 0) is 4.74 Å². The highest BCUT2D eigenvalue weighted by atomic mass is 16.5. The van der Waals surface area contributed by atoms with Gasteiger partial charge in [-0.3, -0.25) is 0 Å². The van der Waals surface area contributed by atoms with Gasteiger partial charge in [0.15, 0.2) is 11.5 Å². The van der Waals surface area contributed by atoms with E-state index in [9.17, 15) is 0 Å². The van der Waals surface area contributed by atoms with E-state index in [1.165, 1.54) is 0 Å². The molecule has 1 aliphatic heterocycles. The van der Waals surface area contributed by atoms with Gasteiger partial charge in [-0.2, -0.15) is 0 Å². The quantitative estimate of drug-likeness (QED) is 0.848. The Labute approximate surface area is 121 Å². The molecule has 0 aliphatic carbocycles. The van der Waals surface area contributed by atoms with Crippen LogP contribution in [0.25, 0.3) is 0 Å². The topological polar surface area (TPSA) is 32.1 Å². The van der Waals surface area contributed by atoms with E-state index >= 15 is 0 Å². The van der Waals surface area contributed by atoms with Crippen molar-refractivity contribution in [1.82, 2.24) is 0 Å². The number of para-hydroxylation sites is 2. The number of rotatable bonds is 6. The van der Waals surface area contributed by atoms with Crippen LogP contribution >= 0.6 is 0 Å². The lowest BCUT2D eigenvalue weighted by atomic mass is 10.2. The molecule has 1 fully saturated rings. The third-order valence-corrected chi connectivity index (χ3v) is 3.48. The van der Waals surface area contributed by atoms with Gasteiger partial charge in [-0.05, 0) is 32.9 Å². The zero-order valence-electron chi connectivity index (χ0n) is 12.7. The van der Waals surface area contributed by atoms with Crippen LogP contribution in [0.1, 0.15) is 20.8 Å². The lowest BCUT2D eigenvalue weighted by molar-refractivity contribution is -0.915. The smallest absolute Gasteiger partial charge is 0.161 e. The molecule has 4 heteroatoms. The van der Waals surface area contributed by atoms with Gasteiger partial charge in [0.2, 0.25) is 0 Å². The molecule has 1 heterocycles. The van der Waals surface area contributed by atoms with Crippen LogP contribution < -0.4 is 14.4 Å². The molecule has 112 valence electrons. The largest absolute Gasteiger partial charge is 0.490 e. The van der Waals surface area contributed by atoms with Crippen molar-refractivity contribution in [3.8, 4) is 11.5 Å². The lowest BCUT2D eigenvalue weighted by Crippen LogP contribution is -3.16. The van der Waals surface area contributed by atoms with Crippen molar-refractivity contribution in [2.24, 2.45) is 0 Å². The van der Waals surface area contributed by atoms with Gasteiger partial charge in [0, 0.05) is 0 Å². The molecule has 2 atom stereocenters. The normalized spacial score (nSPS) is 26.2. The molecule has 0 saturated carbocycles. The number of nitrogens with one attached hydrogen (secondary N) is 1. The Balaban J connectivity index is 1.81. The fourth-order valence-corrected chi connectivity index (χ4v) is 2.74. The van der Waals surface area contributed by atoms with Gasteiger partial charge in [-0.1, -0.05) is 12.1 Å². The highest BCUT2D eigenvalue weighted by Crippen LogP contribution is 2.25. The summed E-state index contributed by atoms with van der Waals surface area (Å²) in [7, 11) is 0. The molecule has 20 heavy (non-hydrogen) atoms. The molecule has 0 aromatic heterocycles. The number of morpholine rings is 1. The minimum absolute atomic E-state index is 0.337. The van der Waals surface area contributed by atoms with Crippen LogP contribution in [0.2, 0.25) is 0 Å². The first kappa shape index (κ1) is 15.1. The van der Waals surface area contributed by atoms with E-state index in [2.05, 4.69) is 13.8 Å². The van der Waals surface area contributed by atoms with Crippen molar-refractivity contribution in [3.05, 3.63) is 24.3 Å². The summed E-state index contributed by atoms with van der Waals surface area (Å²) in [6, 6.07) is 7.85. The van der Waals surface area contributed by atoms with Gasteiger partial charge in [-0.25, -0.2) is 0 Å². The number of hydrogen-bond donors (Lipinski definition) is 1. The predicted molar refractivity (Wildman–Crippen MR) is 78.7 cm³/mol. The summed E-state index contributed by atoms with van der Waals surface area (Å²) >= 11 is 0. The Morgan fingerprint density at radius 3 is 2.30 bits per heavy atom. The highest BCUT2D eigenvalue weighted by molar-refractivity contribution is 5.39. The minimum atomic E-state index is 0.337. The van der Waals surface area contributed by atoms with Gasteiger partial charge in [0.05, 0.1) is 6.61 Å². The summed E-state index contributed by atoms with van der Waals surface area (Å²) in [5.41, 5.74) is 0. The fraction of sp³-hybridized carbons (Fsp3) is 0.625. The summed E-state index contributed by atoms with van der Waals surface area (Å²) in [6.45, 7) is 10.7.